The number of carbonyl (C=O) groups is 3. The van der Waals surface area contributed by atoms with Gasteiger partial charge in [0.15, 0.2) is 0 Å². The zero-order valence-corrected chi connectivity index (χ0v) is 11.9. The van der Waals surface area contributed by atoms with Crippen LogP contribution in [0.5, 0.6) is 0 Å². The van der Waals surface area contributed by atoms with Crippen LogP contribution >= 0.6 is 11.6 Å². The maximum atomic E-state index is 11.9. The van der Waals surface area contributed by atoms with Gasteiger partial charge >= 0.3 is 6.03 Å². The van der Waals surface area contributed by atoms with Crippen molar-refractivity contribution in [1.29, 1.82) is 0 Å². The fourth-order valence-corrected chi connectivity index (χ4v) is 2.15. The second-order valence-electron chi connectivity index (χ2n) is 4.63. The zero-order valence-electron chi connectivity index (χ0n) is 11.1. The van der Waals surface area contributed by atoms with E-state index in [0.717, 1.165) is 10.5 Å². The minimum absolute atomic E-state index is 0.00604. The fraction of sp³-hybridized carbons (Fsp3) is 0.308. The molecule has 0 saturated carbocycles. The number of rotatable bonds is 3. The normalized spacial score (nSPS) is 14.9. The summed E-state index contributed by atoms with van der Waals surface area (Å²) in [7, 11) is 1.52. The third-order valence-electron chi connectivity index (χ3n) is 3.00. The van der Waals surface area contributed by atoms with Crippen LogP contribution in [0.25, 0.3) is 0 Å². The quantitative estimate of drug-likeness (QED) is 0.859. The van der Waals surface area contributed by atoms with E-state index in [4.69, 9.17) is 11.6 Å². The van der Waals surface area contributed by atoms with E-state index in [1.54, 1.807) is 25.1 Å². The van der Waals surface area contributed by atoms with Gasteiger partial charge in [-0.25, -0.2) is 4.79 Å². The number of anilines is 1. The van der Waals surface area contributed by atoms with E-state index in [-0.39, 0.29) is 19.0 Å². The van der Waals surface area contributed by atoms with Crippen molar-refractivity contribution in [3.63, 3.8) is 0 Å². The van der Waals surface area contributed by atoms with Crippen molar-refractivity contribution in [3.05, 3.63) is 28.8 Å². The van der Waals surface area contributed by atoms with Crippen molar-refractivity contribution in [2.24, 2.45) is 0 Å². The second-order valence-corrected chi connectivity index (χ2v) is 5.06. The number of amides is 4. The first-order valence-corrected chi connectivity index (χ1v) is 6.37. The molecule has 1 aliphatic rings. The highest BCUT2D eigenvalue weighted by atomic mass is 35.5. The van der Waals surface area contributed by atoms with E-state index >= 15 is 0 Å². The van der Waals surface area contributed by atoms with Gasteiger partial charge in [-0.1, -0.05) is 11.6 Å². The predicted molar refractivity (Wildman–Crippen MR) is 74.6 cm³/mol. The molecule has 1 saturated heterocycles. The average molecular weight is 296 g/mol. The first-order valence-electron chi connectivity index (χ1n) is 6.00. The van der Waals surface area contributed by atoms with Crippen molar-refractivity contribution < 1.29 is 14.4 Å². The van der Waals surface area contributed by atoms with E-state index in [1.165, 1.54) is 11.9 Å². The lowest BCUT2D eigenvalue weighted by Gasteiger charge is -2.14. The third-order valence-corrected chi connectivity index (χ3v) is 3.23. The van der Waals surface area contributed by atoms with Crippen LogP contribution in [0.3, 0.4) is 0 Å². The number of hydrogen-bond acceptors (Lipinski definition) is 3. The summed E-state index contributed by atoms with van der Waals surface area (Å²) in [6.07, 6.45) is 0. The van der Waals surface area contributed by atoms with Crippen LogP contribution < -0.4 is 5.32 Å². The minimum Gasteiger partial charge on any atom is -0.324 e. The van der Waals surface area contributed by atoms with Gasteiger partial charge in [-0.2, -0.15) is 0 Å². The summed E-state index contributed by atoms with van der Waals surface area (Å²) in [4.78, 5) is 37.3. The molecule has 1 aromatic carbocycles. The van der Waals surface area contributed by atoms with Gasteiger partial charge in [-0.05, 0) is 30.7 Å². The van der Waals surface area contributed by atoms with Crippen LogP contribution in [-0.2, 0) is 9.59 Å². The summed E-state index contributed by atoms with van der Waals surface area (Å²) in [6, 6.07) is 4.59. The molecule has 6 nitrogen and oxygen atoms in total. The number of halogens is 1. The first kappa shape index (κ1) is 14.3. The highest BCUT2D eigenvalue weighted by molar-refractivity contribution is 6.30. The minimum atomic E-state index is -0.460. The molecule has 7 heteroatoms. The van der Waals surface area contributed by atoms with Gasteiger partial charge in [-0.15, -0.1) is 0 Å². The highest BCUT2D eigenvalue weighted by Crippen LogP contribution is 2.19. The Morgan fingerprint density at radius 1 is 1.40 bits per heavy atom. The van der Waals surface area contributed by atoms with Gasteiger partial charge < -0.3 is 10.2 Å². The van der Waals surface area contributed by atoms with Gasteiger partial charge in [0.2, 0.25) is 5.91 Å². The maximum absolute atomic E-state index is 11.9. The number of urea groups is 1. The van der Waals surface area contributed by atoms with Gasteiger partial charge in [0.05, 0.1) is 0 Å². The molecule has 0 unspecified atom stereocenters. The van der Waals surface area contributed by atoms with Crippen molar-refractivity contribution in [3.8, 4) is 0 Å². The summed E-state index contributed by atoms with van der Waals surface area (Å²) >= 11 is 5.83. The van der Waals surface area contributed by atoms with Crippen LogP contribution in [0.2, 0.25) is 5.02 Å². The third kappa shape index (κ3) is 2.91. The molecule has 1 fully saturated rings. The Morgan fingerprint density at radius 2 is 2.10 bits per heavy atom. The molecular formula is C13H14ClN3O3. The molecular weight excluding hydrogens is 282 g/mol. The average Bonchev–Trinajstić information content (AvgIpc) is 2.60. The fourth-order valence-electron chi connectivity index (χ4n) is 1.93. The second kappa shape index (κ2) is 5.50. The molecule has 0 radical (unpaired) electrons. The van der Waals surface area contributed by atoms with E-state index in [1.807, 2.05) is 0 Å². The van der Waals surface area contributed by atoms with Crippen LogP contribution in [0, 0.1) is 6.92 Å². The molecule has 1 aromatic rings. The Labute approximate surface area is 121 Å². The molecule has 1 heterocycles. The Bertz CT molecular complexity index is 588. The van der Waals surface area contributed by atoms with Crippen LogP contribution in [-0.4, -0.2) is 47.8 Å². The number of likely N-dealkylation sites (N-methyl/N-ethyl adjacent to an activating group) is 1. The largest absolute Gasteiger partial charge is 0.327 e. The highest BCUT2D eigenvalue weighted by Gasteiger charge is 2.34. The van der Waals surface area contributed by atoms with Gasteiger partial charge in [0.1, 0.15) is 13.1 Å². The molecule has 0 atom stereocenters. The predicted octanol–water partition coefficient (Wildman–Crippen LogP) is 1.48. The summed E-state index contributed by atoms with van der Waals surface area (Å²) in [5.74, 6) is -0.798. The summed E-state index contributed by atoms with van der Waals surface area (Å²) in [5.41, 5.74) is 1.41. The van der Waals surface area contributed by atoms with E-state index in [2.05, 4.69) is 5.32 Å². The number of nitrogens with zero attached hydrogens (tertiary/aromatic N) is 2. The first-order chi connectivity index (χ1) is 9.38. The van der Waals surface area contributed by atoms with Crippen molar-refractivity contribution in [2.75, 3.05) is 25.5 Å². The van der Waals surface area contributed by atoms with Crippen LogP contribution in [0.1, 0.15) is 5.56 Å². The molecule has 0 bridgehead atoms. The molecule has 20 heavy (non-hydrogen) atoms. The van der Waals surface area contributed by atoms with E-state index in [9.17, 15) is 14.4 Å². The Hall–Kier alpha value is -2.08. The van der Waals surface area contributed by atoms with E-state index in [0.29, 0.717) is 10.7 Å². The smallest absolute Gasteiger partial charge is 0.324 e. The lowest BCUT2D eigenvalue weighted by molar-refractivity contribution is -0.129. The lowest BCUT2D eigenvalue weighted by Crippen LogP contribution is -2.38. The van der Waals surface area contributed by atoms with E-state index < -0.39 is 11.9 Å². The molecule has 106 valence electrons. The van der Waals surface area contributed by atoms with Crippen molar-refractivity contribution >= 4 is 35.1 Å². The van der Waals surface area contributed by atoms with Crippen molar-refractivity contribution in [2.45, 2.75) is 6.92 Å². The summed E-state index contributed by atoms with van der Waals surface area (Å²) in [6.45, 7) is 1.53. The Morgan fingerprint density at radius 3 is 2.65 bits per heavy atom. The zero-order chi connectivity index (χ0) is 14.9. The number of imide groups is 1. The Kier molecular flexibility index (Phi) is 3.94. The monoisotopic (exact) mass is 295 g/mol. The number of aryl methyl sites for hydroxylation is 1. The molecule has 0 spiro atoms. The standard InChI is InChI=1S/C13H14ClN3O3/c1-8-5-9(14)3-4-10(8)15-11(18)6-17-12(19)7-16(2)13(17)20/h3-5H,6-7H2,1-2H3,(H,15,18). The number of hydrogen-bond donors (Lipinski definition) is 1. The van der Waals surface area contributed by atoms with Gasteiger partial charge in [0.25, 0.3) is 5.91 Å². The SMILES string of the molecule is Cc1cc(Cl)ccc1NC(=O)CN1C(=O)CN(C)C1=O. The molecule has 2 rings (SSSR count). The number of benzene rings is 1. The molecule has 4 amide bonds. The molecule has 0 aromatic heterocycles. The lowest BCUT2D eigenvalue weighted by atomic mass is 10.2. The molecule has 1 N–H and O–H groups in total. The van der Waals surface area contributed by atoms with Crippen molar-refractivity contribution in [1.82, 2.24) is 9.80 Å². The maximum Gasteiger partial charge on any atom is 0.327 e. The number of carbonyl (C=O) groups excluding carboxylic acids is 3. The van der Waals surface area contributed by atoms with Gasteiger partial charge in [-0.3, -0.25) is 14.5 Å². The van der Waals surface area contributed by atoms with Crippen LogP contribution in [0.15, 0.2) is 18.2 Å². The van der Waals surface area contributed by atoms with Crippen LogP contribution in [0.4, 0.5) is 10.5 Å². The summed E-state index contributed by atoms with van der Waals surface area (Å²) < 4.78 is 0. The topological polar surface area (TPSA) is 69.7 Å². The molecule has 1 aliphatic heterocycles. The number of nitrogens with one attached hydrogen (secondary N) is 1. The van der Waals surface area contributed by atoms with Gasteiger partial charge in [0, 0.05) is 17.8 Å². The Balaban J connectivity index is 2.03. The summed E-state index contributed by atoms with van der Waals surface area (Å²) in [5, 5.41) is 3.23. The molecule has 0 aliphatic carbocycles.